The zero-order valence-electron chi connectivity index (χ0n) is 5.49. The van der Waals surface area contributed by atoms with E-state index in [4.69, 9.17) is 0 Å². The maximum Gasteiger partial charge on any atom is 0.266 e. The van der Waals surface area contributed by atoms with Crippen LogP contribution in [0.3, 0.4) is 0 Å². The minimum absolute atomic E-state index is 0.128. The summed E-state index contributed by atoms with van der Waals surface area (Å²) in [6.07, 6.45) is -1.66. The van der Waals surface area contributed by atoms with Gasteiger partial charge in [0, 0.05) is 10.7 Å². The summed E-state index contributed by atoms with van der Waals surface area (Å²) in [6.45, 7) is 0. The van der Waals surface area contributed by atoms with Crippen LogP contribution in [-0.4, -0.2) is 4.98 Å². The second kappa shape index (κ2) is 3.91. The Labute approximate surface area is 88.6 Å². The topological polar surface area (TPSA) is 12.9 Å². The number of halogens is 5. The fourth-order valence-corrected chi connectivity index (χ4v) is 2.17. The summed E-state index contributed by atoms with van der Waals surface area (Å²) in [5.74, 6) is -0.867. The first-order chi connectivity index (χ1) is 5.54. The molecule has 0 amide bonds. The predicted octanol–water partition coefficient (Wildman–Crippen LogP) is 3.53. The van der Waals surface area contributed by atoms with E-state index in [1.807, 2.05) is 0 Å². The Morgan fingerprint density at radius 3 is 2.50 bits per heavy atom. The molecule has 12 heavy (non-hydrogen) atoms. The van der Waals surface area contributed by atoms with E-state index in [0.29, 0.717) is 0 Å². The Morgan fingerprint density at radius 1 is 1.50 bits per heavy atom. The molecule has 0 bridgehead atoms. The molecule has 0 radical (unpaired) electrons. The van der Waals surface area contributed by atoms with Gasteiger partial charge in [-0.1, -0.05) is 0 Å². The SMILES string of the molecule is Fc1ncc(Br)c(C(F)F)c1I. The summed E-state index contributed by atoms with van der Waals surface area (Å²) in [7, 11) is 0. The molecule has 6 heteroatoms. The number of hydrogen-bond donors (Lipinski definition) is 0. The minimum atomic E-state index is -2.69. The average molecular weight is 352 g/mol. The second-order valence-corrected chi connectivity index (χ2v) is 3.86. The highest BCUT2D eigenvalue weighted by Gasteiger charge is 2.19. The Balaban J connectivity index is 3.33. The first-order valence-electron chi connectivity index (χ1n) is 2.81. The van der Waals surface area contributed by atoms with Crippen molar-refractivity contribution >= 4 is 38.5 Å². The molecule has 0 aliphatic rings. The van der Waals surface area contributed by atoms with Crippen molar-refractivity contribution in [1.29, 1.82) is 0 Å². The number of pyridine rings is 1. The third-order valence-electron chi connectivity index (χ3n) is 1.18. The van der Waals surface area contributed by atoms with Crippen LogP contribution in [0.25, 0.3) is 0 Å². The number of hydrogen-bond acceptors (Lipinski definition) is 1. The van der Waals surface area contributed by atoms with Gasteiger partial charge in [0.2, 0.25) is 5.95 Å². The molecule has 0 unspecified atom stereocenters. The van der Waals surface area contributed by atoms with Crippen molar-refractivity contribution in [2.45, 2.75) is 6.43 Å². The highest BCUT2D eigenvalue weighted by molar-refractivity contribution is 14.1. The number of nitrogens with zero attached hydrogens (tertiary/aromatic N) is 1. The maximum atomic E-state index is 12.6. The Kier molecular flexibility index (Phi) is 3.33. The van der Waals surface area contributed by atoms with Crippen LogP contribution in [0.1, 0.15) is 12.0 Å². The Hall–Kier alpha value is 0.150. The van der Waals surface area contributed by atoms with Crippen molar-refractivity contribution in [1.82, 2.24) is 4.98 Å². The fraction of sp³-hybridized carbons (Fsp3) is 0.167. The van der Waals surface area contributed by atoms with E-state index in [2.05, 4.69) is 20.9 Å². The van der Waals surface area contributed by atoms with Crippen molar-refractivity contribution < 1.29 is 13.2 Å². The van der Waals surface area contributed by atoms with Crippen LogP contribution in [0.4, 0.5) is 13.2 Å². The second-order valence-electron chi connectivity index (χ2n) is 1.93. The predicted molar refractivity (Wildman–Crippen MR) is 49.6 cm³/mol. The molecule has 0 atom stereocenters. The van der Waals surface area contributed by atoms with Gasteiger partial charge in [-0.3, -0.25) is 0 Å². The molecule has 1 aromatic heterocycles. The number of rotatable bonds is 1. The molecular formula is C6H2BrF3IN. The molecule has 1 aromatic rings. The Bertz CT molecular complexity index is 305. The van der Waals surface area contributed by atoms with Crippen LogP contribution < -0.4 is 0 Å². The van der Waals surface area contributed by atoms with Crippen molar-refractivity contribution in [3.05, 3.63) is 25.8 Å². The van der Waals surface area contributed by atoms with Gasteiger partial charge in [-0.15, -0.1) is 0 Å². The molecular weight excluding hydrogens is 350 g/mol. The van der Waals surface area contributed by atoms with E-state index in [-0.39, 0.29) is 13.6 Å². The number of aromatic nitrogens is 1. The van der Waals surface area contributed by atoms with E-state index in [1.165, 1.54) is 22.6 Å². The van der Waals surface area contributed by atoms with Gasteiger partial charge in [-0.25, -0.2) is 13.8 Å². The van der Waals surface area contributed by atoms with Crippen molar-refractivity contribution in [2.24, 2.45) is 0 Å². The molecule has 1 nitrogen and oxygen atoms in total. The van der Waals surface area contributed by atoms with Crippen LogP contribution in [-0.2, 0) is 0 Å². The minimum Gasteiger partial charge on any atom is -0.226 e. The molecule has 0 saturated carbocycles. The molecule has 0 aliphatic heterocycles. The van der Waals surface area contributed by atoms with E-state index < -0.39 is 12.4 Å². The third-order valence-corrected chi connectivity index (χ3v) is 2.84. The van der Waals surface area contributed by atoms with Gasteiger partial charge in [0.15, 0.2) is 0 Å². The molecule has 66 valence electrons. The zero-order chi connectivity index (χ0) is 9.30. The molecule has 1 heterocycles. The van der Waals surface area contributed by atoms with E-state index in [0.717, 1.165) is 6.20 Å². The van der Waals surface area contributed by atoms with Crippen LogP contribution in [0.5, 0.6) is 0 Å². The maximum absolute atomic E-state index is 12.6. The molecule has 0 aromatic carbocycles. The summed E-state index contributed by atoms with van der Waals surface area (Å²) in [5.41, 5.74) is -0.344. The number of alkyl halides is 2. The van der Waals surface area contributed by atoms with Crippen molar-refractivity contribution in [3.63, 3.8) is 0 Å². The van der Waals surface area contributed by atoms with Crippen LogP contribution >= 0.6 is 38.5 Å². The fourth-order valence-electron chi connectivity index (χ4n) is 0.656. The van der Waals surface area contributed by atoms with Gasteiger partial charge >= 0.3 is 0 Å². The standard InChI is InChI=1S/C6H2BrF3IN/c7-2-1-12-6(10)4(11)3(2)5(8)9/h1,5H. The summed E-state index contributed by atoms with van der Waals surface area (Å²) >= 11 is 4.37. The summed E-state index contributed by atoms with van der Waals surface area (Å²) < 4.78 is 37.1. The lowest BCUT2D eigenvalue weighted by atomic mass is 10.3. The monoisotopic (exact) mass is 351 g/mol. The van der Waals surface area contributed by atoms with E-state index in [1.54, 1.807) is 0 Å². The largest absolute Gasteiger partial charge is 0.266 e. The first-order valence-corrected chi connectivity index (χ1v) is 4.68. The first kappa shape index (κ1) is 10.2. The quantitative estimate of drug-likeness (QED) is 0.557. The average Bonchev–Trinajstić information content (AvgIpc) is 1.97. The molecule has 0 aliphatic carbocycles. The van der Waals surface area contributed by atoms with E-state index >= 15 is 0 Å². The lowest BCUT2D eigenvalue weighted by Crippen LogP contribution is -1.97. The van der Waals surface area contributed by atoms with Crippen molar-refractivity contribution in [2.75, 3.05) is 0 Å². The highest BCUT2D eigenvalue weighted by atomic mass is 127. The van der Waals surface area contributed by atoms with Gasteiger partial charge in [0.1, 0.15) is 0 Å². The molecule has 0 saturated heterocycles. The molecule has 0 N–H and O–H groups in total. The van der Waals surface area contributed by atoms with Gasteiger partial charge in [-0.2, -0.15) is 4.39 Å². The van der Waals surface area contributed by atoms with Crippen LogP contribution in [0.2, 0.25) is 0 Å². The summed E-state index contributed by atoms with van der Waals surface area (Å²) in [5, 5.41) is 0. The normalized spacial score (nSPS) is 10.8. The summed E-state index contributed by atoms with van der Waals surface area (Å²) in [6, 6.07) is 0. The van der Waals surface area contributed by atoms with Gasteiger partial charge in [0.25, 0.3) is 6.43 Å². The molecule has 0 spiro atoms. The Morgan fingerprint density at radius 2 is 2.08 bits per heavy atom. The molecule has 1 rings (SSSR count). The van der Waals surface area contributed by atoms with Gasteiger partial charge in [0.05, 0.1) is 9.13 Å². The van der Waals surface area contributed by atoms with Crippen molar-refractivity contribution in [3.8, 4) is 0 Å². The summed E-state index contributed by atoms with van der Waals surface area (Å²) in [4.78, 5) is 3.27. The van der Waals surface area contributed by atoms with Crippen LogP contribution in [0.15, 0.2) is 10.7 Å². The molecule has 0 fully saturated rings. The van der Waals surface area contributed by atoms with E-state index in [9.17, 15) is 13.2 Å². The third kappa shape index (κ3) is 1.90. The van der Waals surface area contributed by atoms with Crippen LogP contribution in [0, 0.1) is 9.52 Å². The lowest BCUT2D eigenvalue weighted by Gasteiger charge is -2.05. The lowest BCUT2D eigenvalue weighted by molar-refractivity contribution is 0.148. The van der Waals surface area contributed by atoms with Gasteiger partial charge in [-0.05, 0) is 38.5 Å². The smallest absolute Gasteiger partial charge is 0.226 e. The van der Waals surface area contributed by atoms with Gasteiger partial charge < -0.3 is 0 Å². The highest BCUT2D eigenvalue weighted by Crippen LogP contribution is 2.31. The zero-order valence-corrected chi connectivity index (χ0v) is 9.24.